The van der Waals surface area contributed by atoms with Gasteiger partial charge in [0.1, 0.15) is 0 Å². The first kappa shape index (κ1) is 12.7. The van der Waals surface area contributed by atoms with Crippen molar-refractivity contribution in [3.8, 4) is 0 Å². The van der Waals surface area contributed by atoms with Crippen LogP contribution in [0.1, 0.15) is 38.2 Å². The van der Waals surface area contributed by atoms with Crippen LogP contribution in [0.5, 0.6) is 0 Å². The van der Waals surface area contributed by atoms with Crippen LogP contribution in [0.4, 0.5) is 5.69 Å². The lowest BCUT2D eigenvalue weighted by atomic mass is 10.1. The van der Waals surface area contributed by atoms with Crippen LogP contribution in [0.2, 0.25) is 0 Å². The lowest BCUT2D eigenvalue weighted by Crippen LogP contribution is -2.29. The summed E-state index contributed by atoms with van der Waals surface area (Å²) in [5.74, 6) is 0.443. The molecule has 1 amide bonds. The van der Waals surface area contributed by atoms with Crippen LogP contribution in [-0.4, -0.2) is 18.0 Å². The monoisotopic (exact) mass is 258 g/mol. The normalized spacial score (nSPS) is 20.1. The van der Waals surface area contributed by atoms with E-state index in [-0.39, 0.29) is 11.8 Å². The predicted molar refractivity (Wildman–Crippen MR) is 77.1 cm³/mol. The maximum Gasteiger partial charge on any atom is 0.227 e. The van der Waals surface area contributed by atoms with Crippen LogP contribution in [0.3, 0.4) is 0 Å². The molecule has 3 heteroatoms. The minimum Gasteiger partial charge on any atom is -0.326 e. The van der Waals surface area contributed by atoms with Crippen LogP contribution in [0.25, 0.3) is 0 Å². The Morgan fingerprint density at radius 2 is 1.89 bits per heavy atom. The number of carbonyl (C=O) groups is 1. The highest BCUT2D eigenvalue weighted by Crippen LogP contribution is 2.30. The predicted octanol–water partition coefficient (Wildman–Crippen LogP) is 2.72. The Kier molecular flexibility index (Phi) is 3.56. The van der Waals surface area contributed by atoms with Crippen LogP contribution in [-0.2, 0) is 11.2 Å². The quantitative estimate of drug-likeness (QED) is 0.823. The van der Waals surface area contributed by atoms with Crippen molar-refractivity contribution < 1.29 is 4.79 Å². The Morgan fingerprint density at radius 1 is 1.21 bits per heavy atom. The van der Waals surface area contributed by atoms with Crippen molar-refractivity contribution in [2.45, 2.75) is 51.1 Å². The molecule has 1 atom stereocenters. The second-order valence-electron chi connectivity index (χ2n) is 6.01. The summed E-state index contributed by atoms with van der Waals surface area (Å²) < 4.78 is 0. The summed E-state index contributed by atoms with van der Waals surface area (Å²) in [4.78, 5) is 11.6. The molecule has 2 aliphatic carbocycles. The number of amides is 1. The largest absolute Gasteiger partial charge is 0.326 e. The minimum atomic E-state index is 0.177. The first-order valence-electron chi connectivity index (χ1n) is 7.36. The molecule has 2 aliphatic rings. The smallest absolute Gasteiger partial charge is 0.227 e. The third kappa shape index (κ3) is 3.80. The number of benzene rings is 1. The number of hydrogen-bond acceptors (Lipinski definition) is 2. The van der Waals surface area contributed by atoms with Gasteiger partial charge in [-0.3, -0.25) is 4.79 Å². The molecule has 2 fully saturated rings. The molecule has 19 heavy (non-hydrogen) atoms. The fourth-order valence-corrected chi connectivity index (χ4v) is 2.38. The highest BCUT2D eigenvalue weighted by molar-refractivity contribution is 5.93. The molecule has 102 valence electrons. The van der Waals surface area contributed by atoms with Gasteiger partial charge in [0.2, 0.25) is 5.91 Å². The fraction of sp³-hybridized carbons (Fsp3) is 0.562. The maximum atomic E-state index is 11.6. The van der Waals surface area contributed by atoms with Crippen molar-refractivity contribution in [1.82, 2.24) is 5.32 Å². The zero-order chi connectivity index (χ0) is 13.2. The maximum absolute atomic E-state index is 11.6. The first-order valence-corrected chi connectivity index (χ1v) is 7.36. The van der Waals surface area contributed by atoms with Gasteiger partial charge in [0.15, 0.2) is 0 Å². The average Bonchev–Trinajstić information content (AvgIpc) is 3.25. The third-order valence-electron chi connectivity index (χ3n) is 3.81. The van der Waals surface area contributed by atoms with E-state index in [1.54, 1.807) is 0 Å². The van der Waals surface area contributed by atoms with E-state index in [1.807, 2.05) is 12.1 Å². The van der Waals surface area contributed by atoms with Crippen LogP contribution >= 0.6 is 0 Å². The molecule has 2 N–H and O–H groups in total. The topological polar surface area (TPSA) is 41.1 Å². The fourth-order valence-electron chi connectivity index (χ4n) is 2.38. The molecule has 0 bridgehead atoms. The summed E-state index contributed by atoms with van der Waals surface area (Å²) in [5.41, 5.74) is 2.24. The summed E-state index contributed by atoms with van der Waals surface area (Å²) >= 11 is 0. The van der Waals surface area contributed by atoms with Crippen molar-refractivity contribution in [3.05, 3.63) is 29.8 Å². The Labute approximate surface area is 114 Å². The van der Waals surface area contributed by atoms with E-state index < -0.39 is 0 Å². The lowest BCUT2D eigenvalue weighted by Gasteiger charge is -2.13. The number of nitrogens with one attached hydrogen (secondary N) is 2. The zero-order valence-electron chi connectivity index (χ0n) is 11.5. The first-order chi connectivity index (χ1) is 9.20. The minimum absolute atomic E-state index is 0.177. The van der Waals surface area contributed by atoms with Crippen molar-refractivity contribution >= 4 is 11.6 Å². The van der Waals surface area contributed by atoms with Crippen molar-refractivity contribution in [3.63, 3.8) is 0 Å². The molecule has 3 rings (SSSR count). The van der Waals surface area contributed by atoms with Gasteiger partial charge in [-0.15, -0.1) is 0 Å². The molecule has 0 radical (unpaired) electrons. The molecule has 0 heterocycles. The number of carbonyl (C=O) groups excluding carboxylic acids is 1. The van der Waals surface area contributed by atoms with Gasteiger partial charge in [-0.1, -0.05) is 12.1 Å². The average molecular weight is 258 g/mol. The molecule has 0 saturated heterocycles. The summed E-state index contributed by atoms with van der Waals surface area (Å²) in [7, 11) is 0. The molecule has 1 aromatic rings. The Balaban J connectivity index is 1.50. The van der Waals surface area contributed by atoms with E-state index in [0.29, 0.717) is 6.04 Å². The molecular weight excluding hydrogens is 236 g/mol. The van der Waals surface area contributed by atoms with Gasteiger partial charge in [-0.05, 0) is 56.7 Å². The second kappa shape index (κ2) is 5.33. The van der Waals surface area contributed by atoms with Gasteiger partial charge in [-0.25, -0.2) is 0 Å². The molecule has 0 aliphatic heterocycles. The van der Waals surface area contributed by atoms with E-state index in [9.17, 15) is 4.79 Å². The lowest BCUT2D eigenvalue weighted by molar-refractivity contribution is -0.117. The Hall–Kier alpha value is -1.35. The van der Waals surface area contributed by atoms with E-state index in [2.05, 4.69) is 29.7 Å². The van der Waals surface area contributed by atoms with E-state index in [0.717, 1.165) is 31.0 Å². The Morgan fingerprint density at radius 3 is 2.47 bits per heavy atom. The summed E-state index contributed by atoms with van der Waals surface area (Å²) in [6.07, 6.45) is 5.81. The third-order valence-corrected chi connectivity index (χ3v) is 3.81. The second-order valence-corrected chi connectivity index (χ2v) is 6.01. The molecular formula is C16H22N2O. The van der Waals surface area contributed by atoms with Gasteiger partial charge in [0.25, 0.3) is 0 Å². The summed E-state index contributed by atoms with van der Waals surface area (Å²) in [6, 6.07) is 9.55. The van der Waals surface area contributed by atoms with Gasteiger partial charge < -0.3 is 10.6 Å². The molecule has 0 aromatic heterocycles. The highest BCUT2D eigenvalue weighted by atomic mass is 16.2. The van der Waals surface area contributed by atoms with E-state index in [1.165, 1.54) is 18.4 Å². The van der Waals surface area contributed by atoms with Crippen LogP contribution in [0.15, 0.2) is 24.3 Å². The molecule has 1 unspecified atom stereocenters. The summed E-state index contributed by atoms with van der Waals surface area (Å²) in [5, 5.41) is 6.57. The van der Waals surface area contributed by atoms with Crippen LogP contribution < -0.4 is 10.6 Å². The van der Waals surface area contributed by atoms with Gasteiger partial charge in [0.05, 0.1) is 0 Å². The zero-order valence-corrected chi connectivity index (χ0v) is 11.5. The van der Waals surface area contributed by atoms with Crippen molar-refractivity contribution in [1.29, 1.82) is 0 Å². The van der Waals surface area contributed by atoms with Crippen molar-refractivity contribution in [2.24, 2.45) is 5.92 Å². The van der Waals surface area contributed by atoms with Crippen LogP contribution in [0, 0.1) is 5.92 Å². The number of anilines is 1. The van der Waals surface area contributed by atoms with Crippen molar-refractivity contribution in [2.75, 3.05) is 5.32 Å². The molecule has 0 spiro atoms. The van der Waals surface area contributed by atoms with E-state index >= 15 is 0 Å². The SMILES string of the molecule is CC(Cc1ccc(NC(=O)C2CC2)cc1)NC1CC1. The molecule has 2 saturated carbocycles. The number of rotatable bonds is 6. The highest BCUT2D eigenvalue weighted by Gasteiger charge is 2.29. The van der Waals surface area contributed by atoms with Gasteiger partial charge in [0, 0.05) is 23.7 Å². The van der Waals surface area contributed by atoms with E-state index in [4.69, 9.17) is 0 Å². The number of hydrogen-bond donors (Lipinski definition) is 2. The molecule has 3 nitrogen and oxygen atoms in total. The summed E-state index contributed by atoms with van der Waals surface area (Å²) in [6.45, 7) is 2.24. The van der Waals surface area contributed by atoms with Gasteiger partial charge in [-0.2, -0.15) is 0 Å². The standard InChI is InChI=1S/C16H22N2O/c1-11(17-14-8-9-14)10-12-2-6-15(7-3-12)18-16(19)13-4-5-13/h2-3,6-7,11,13-14,17H,4-5,8-10H2,1H3,(H,18,19). The van der Waals surface area contributed by atoms with Gasteiger partial charge >= 0.3 is 0 Å². The Bertz CT molecular complexity index is 446. The molecule has 1 aromatic carbocycles.